The first-order valence-electron chi connectivity index (χ1n) is 11.1. The molecule has 1 aliphatic rings. The third-order valence-electron chi connectivity index (χ3n) is 6.08. The lowest BCUT2D eigenvalue weighted by atomic mass is 9.94. The molecule has 1 aliphatic heterocycles. The molecule has 32 heavy (non-hydrogen) atoms. The second kappa shape index (κ2) is 9.26. The van der Waals surface area contributed by atoms with Gasteiger partial charge in [-0.05, 0) is 36.8 Å². The van der Waals surface area contributed by atoms with Crippen molar-refractivity contribution in [1.29, 1.82) is 5.26 Å². The van der Waals surface area contributed by atoms with Crippen LogP contribution in [0.25, 0.3) is 10.8 Å². The van der Waals surface area contributed by atoms with Crippen molar-refractivity contribution >= 4 is 33.9 Å². The molecule has 0 bridgehead atoms. The molecule has 0 aliphatic carbocycles. The van der Waals surface area contributed by atoms with E-state index in [-0.39, 0.29) is 0 Å². The van der Waals surface area contributed by atoms with Crippen LogP contribution >= 0.6 is 11.6 Å². The van der Waals surface area contributed by atoms with E-state index in [1.165, 1.54) is 0 Å². The summed E-state index contributed by atoms with van der Waals surface area (Å²) in [5, 5.41) is 12.9. The van der Waals surface area contributed by atoms with Gasteiger partial charge in [-0.25, -0.2) is 0 Å². The van der Waals surface area contributed by atoms with E-state index in [0.29, 0.717) is 23.9 Å². The molecular formula is C26H29ClN4O. The summed E-state index contributed by atoms with van der Waals surface area (Å²) in [4.78, 5) is 9.42. The van der Waals surface area contributed by atoms with Gasteiger partial charge in [-0.2, -0.15) is 10.2 Å². The van der Waals surface area contributed by atoms with Crippen LogP contribution in [0.5, 0.6) is 5.88 Å². The third kappa shape index (κ3) is 3.96. The number of hydrogen-bond donors (Lipinski definition) is 0. The molecule has 0 N–H and O–H groups in total. The number of halogens is 1. The molecule has 0 saturated heterocycles. The van der Waals surface area contributed by atoms with E-state index in [1.54, 1.807) is 7.11 Å². The third-order valence-corrected chi connectivity index (χ3v) is 6.40. The van der Waals surface area contributed by atoms with E-state index < -0.39 is 0 Å². The second-order valence-corrected chi connectivity index (χ2v) is 9.01. The summed E-state index contributed by atoms with van der Waals surface area (Å²) in [6.07, 6.45) is 0.811. The minimum atomic E-state index is 0.404. The van der Waals surface area contributed by atoms with Crippen LogP contribution in [0.4, 0.5) is 11.5 Å². The van der Waals surface area contributed by atoms with Crippen LogP contribution in [-0.2, 0) is 13.0 Å². The van der Waals surface area contributed by atoms with E-state index in [2.05, 4.69) is 60.9 Å². The van der Waals surface area contributed by atoms with Gasteiger partial charge < -0.3 is 14.5 Å². The minimum absolute atomic E-state index is 0.404. The van der Waals surface area contributed by atoms with Crippen LogP contribution in [-0.4, -0.2) is 31.7 Å². The Balaban J connectivity index is 1.84. The molecule has 0 spiro atoms. The van der Waals surface area contributed by atoms with E-state index in [4.69, 9.17) is 21.3 Å². The molecular weight excluding hydrogens is 420 g/mol. The number of benzene rings is 2. The lowest BCUT2D eigenvalue weighted by Crippen LogP contribution is -2.35. The first-order valence-corrected chi connectivity index (χ1v) is 11.5. The Hall–Kier alpha value is -2.97. The van der Waals surface area contributed by atoms with Crippen LogP contribution in [0, 0.1) is 17.2 Å². The summed E-state index contributed by atoms with van der Waals surface area (Å²) in [5.41, 5.74) is 3.79. The monoisotopic (exact) mass is 448 g/mol. The fourth-order valence-corrected chi connectivity index (χ4v) is 4.94. The van der Waals surface area contributed by atoms with Crippen molar-refractivity contribution in [3.63, 3.8) is 0 Å². The maximum atomic E-state index is 9.99. The van der Waals surface area contributed by atoms with Gasteiger partial charge in [0.25, 0.3) is 0 Å². The molecule has 6 heteroatoms. The van der Waals surface area contributed by atoms with Gasteiger partial charge >= 0.3 is 0 Å². The molecule has 0 fully saturated rings. The summed E-state index contributed by atoms with van der Waals surface area (Å²) in [6.45, 7) is 9.79. The van der Waals surface area contributed by atoms with Crippen molar-refractivity contribution in [1.82, 2.24) is 4.98 Å². The molecule has 0 saturated carbocycles. The van der Waals surface area contributed by atoms with Crippen LogP contribution in [0.3, 0.4) is 0 Å². The van der Waals surface area contributed by atoms with Crippen molar-refractivity contribution in [2.75, 3.05) is 36.5 Å². The number of methoxy groups -OCH3 is 1. The predicted molar refractivity (Wildman–Crippen MR) is 132 cm³/mol. The minimum Gasteiger partial charge on any atom is -0.480 e. The highest BCUT2D eigenvalue weighted by Gasteiger charge is 2.29. The Morgan fingerprint density at radius 2 is 1.97 bits per heavy atom. The summed E-state index contributed by atoms with van der Waals surface area (Å²) < 4.78 is 5.57. The number of nitrogens with zero attached hydrogens (tertiary/aromatic N) is 4. The number of ether oxygens (including phenoxy) is 1. The zero-order chi connectivity index (χ0) is 22.8. The van der Waals surface area contributed by atoms with Crippen molar-refractivity contribution in [2.24, 2.45) is 5.92 Å². The maximum absolute atomic E-state index is 9.99. The highest BCUT2D eigenvalue weighted by atomic mass is 35.5. The quantitative estimate of drug-likeness (QED) is 0.476. The average molecular weight is 449 g/mol. The zero-order valence-corrected chi connectivity index (χ0v) is 19.9. The molecule has 5 nitrogen and oxygen atoms in total. The first-order chi connectivity index (χ1) is 15.5. The lowest BCUT2D eigenvalue weighted by Gasteiger charge is -2.35. The molecule has 3 aromatic rings. The summed E-state index contributed by atoms with van der Waals surface area (Å²) in [5.74, 6) is 1.86. The smallest absolute Gasteiger partial charge is 0.233 e. The molecule has 2 aromatic carbocycles. The molecule has 0 radical (unpaired) electrons. The number of aromatic nitrogens is 1. The van der Waals surface area contributed by atoms with E-state index in [1.807, 2.05) is 12.1 Å². The Kier molecular flexibility index (Phi) is 6.43. The standard InChI is InChI=1S/C26H29ClN4O/c1-5-30(15-17(2)3)25-19-12-13-31(16-21(19)20(14-28)26(29-25)32-4)23-11-7-9-18-8-6-10-22(27)24(18)23/h6-11,17H,5,12-13,15-16H2,1-4H3. The maximum Gasteiger partial charge on any atom is 0.233 e. The molecule has 166 valence electrons. The summed E-state index contributed by atoms with van der Waals surface area (Å²) in [7, 11) is 1.59. The topological polar surface area (TPSA) is 52.4 Å². The van der Waals surface area contributed by atoms with Gasteiger partial charge in [-0.1, -0.05) is 49.7 Å². The highest BCUT2D eigenvalue weighted by Crippen LogP contribution is 2.39. The lowest BCUT2D eigenvalue weighted by molar-refractivity contribution is 0.394. The normalized spacial score (nSPS) is 13.2. The van der Waals surface area contributed by atoms with Crippen LogP contribution in [0.1, 0.15) is 37.5 Å². The number of hydrogen-bond acceptors (Lipinski definition) is 5. The van der Waals surface area contributed by atoms with Gasteiger partial charge in [0.2, 0.25) is 5.88 Å². The van der Waals surface area contributed by atoms with Gasteiger partial charge in [0.1, 0.15) is 17.5 Å². The Morgan fingerprint density at radius 1 is 1.22 bits per heavy atom. The van der Waals surface area contributed by atoms with E-state index >= 15 is 0 Å². The van der Waals surface area contributed by atoms with Crippen LogP contribution < -0.4 is 14.5 Å². The van der Waals surface area contributed by atoms with Gasteiger partial charge in [-0.3, -0.25) is 0 Å². The SMILES string of the molecule is CCN(CC(C)C)c1nc(OC)c(C#N)c2c1CCN(c1cccc3cccc(Cl)c13)C2. The average Bonchev–Trinajstić information content (AvgIpc) is 2.80. The Bertz CT molecular complexity index is 1180. The van der Waals surface area contributed by atoms with Gasteiger partial charge in [0.15, 0.2) is 0 Å². The predicted octanol–water partition coefficient (Wildman–Crippen LogP) is 5.81. The highest BCUT2D eigenvalue weighted by molar-refractivity contribution is 6.36. The fraction of sp³-hybridized carbons (Fsp3) is 0.385. The number of nitriles is 1. The zero-order valence-electron chi connectivity index (χ0n) is 19.2. The number of fused-ring (bicyclic) bond motifs is 2. The summed E-state index contributed by atoms with van der Waals surface area (Å²) in [6, 6.07) is 14.6. The Morgan fingerprint density at radius 3 is 2.62 bits per heavy atom. The largest absolute Gasteiger partial charge is 0.480 e. The molecule has 2 heterocycles. The van der Waals surface area contributed by atoms with Gasteiger partial charge in [0.05, 0.1) is 12.1 Å². The first kappa shape index (κ1) is 22.2. The second-order valence-electron chi connectivity index (χ2n) is 8.61. The Labute approximate surface area is 195 Å². The van der Waals surface area contributed by atoms with Crippen LogP contribution in [0.15, 0.2) is 36.4 Å². The van der Waals surface area contributed by atoms with Gasteiger partial charge in [0, 0.05) is 48.4 Å². The van der Waals surface area contributed by atoms with Gasteiger partial charge in [-0.15, -0.1) is 0 Å². The van der Waals surface area contributed by atoms with E-state index in [0.717, 1.165) is 64.5 Å². The fourth-order valence-electron chi connectivity index (χ4n) is 4.66. The van der Waals surface area contributed by atoms with E-state index in [9.17, 15) is 5.26 Å². The van der Waals surface area contributed by atoms with Crippen molar-refractivity contribution in [3.8, 4) is 11.9 Å². The number of rotatable bonds is 6. The molecule has 0 atom stereocenters. The molecule has 0 amide bonds. The molecule has 4 rings (SSSR count). The molecule has 0 unspecified atom stereocenters. The van der Waals surface area contributed by atoms with Crippen molar-refractivity contribution in [3.05, 3.63) is 58.1 Å². The number of pyridine rings is 1. The molecule has 1 aromatic heterocycles. The van der Waals surface area contributed by atoms with Crippen LogP contribution in [0.2, 0.25) is 5.02 Å². The number of anilines is 2. The van der Waals surface area contributed by atoms with Crippen molar-refractivity contribution in [2.45, 2.75) is 33.7 Å². The van der Waals surface area contributed by atoms with Crippen molar-refractivity contribution < 1.29 is 4.74 Å². The summed E-state index contributed by atoms with van der Waals surface area (Å²) >= 11 is 6.61.